The predicted octanol–water partition coefficient (Wildman–Crippen LogP) is 3.61. The Morgan fingerprint density at radius 2 is 2.36 bits per heavy atom. The minimum absolute atomic E-state index is 0.792. The number of H-pyrrole nitrogens is 1. The molecule has 0 aromatic carbocycles. The number of nitrogens with one attached hydrogen (secondary N) is 1. The number of imidazole rings is 1. The Labute approximate surface area is 99.7 Å². The molecule has 0 aliphatic carbocycles. The van der Waals surface area contributed by atoms with Gasteiger partial charge in [0.1, 0.15) is 0 Å². The van der Waals surface area contributed by atoms with Gasteiger partial charge in [0.15, 0.2) is 4.77 Å². The summed E-state index contributed by atoms with van der Waals surface area (Å²) in [5.74, 6) is 0. The van der Waals surface area contributed by atoms with Crippen LogP contribution >= 0.6 is 39.5 Å². The standard InChI is InChI=1S/C9H9BrN2S2/c10-8-2-1-7(14-8)3-5-12-6-4-11-9(12)13/h1-2,4,6H,3,5H2,(H,11,13). The van der Waals surface area contributed by atoms with E-state index in [-0.39, 0.29) is 0 Å². The average Bonchev–Trinajstić information content (AvgIpc) is 2.72. The number of aromatic nitrogens is 2. The smallest absolute Gasteiger partial charge is 0.177 e. The Kier molecular flexibility index (Phi) is 3.20. The van der Waals surface area contributed by atoms with Crippen LogP contribution in [0.25, 0.3) is 0 Å². The molecule has 2 rings (SSSR count). The third kappa shape index (κ3) is 2.34. The fourth-order valence-corrected chi connectivity index (χ4v) is 2.93. The maximum absolute atomic E-state index is 5.11. The highest BCUT2D eigenvalue weighted by Gasteiger charge is 1.98. The van der Waals surface area contributed by atoms with Gasteiger partial charge < -0.3 is 9.55 Å². The van der Waals surface area contributed by atoms with Crippen molar-refractivity contribution in [2.75, 3.05) is 0 Å². The fourth-order valence-electron chi connectivity index (χ4n) is 1.24. The fraction of sp³-hybridized carbons (Fsp3) is 0.222. The summed E-state index contributed by atoms with van der Waals surface area (Å²) in [5.41, 5.74) is 0. The van der Waals surface area contributed by atoms with Crippen molar-refractivity contribution in [1.29, 1.82) is 0 Å². The van der Waals surface area contributed by atoms with Crippen LogP contribution < -0.4 is 0 Å². The molecule has 0 saturated carbocycles. The summed E-state index contributed by atoms with van der Waals surface area (Å²) >= 11 is 10.3. The van der Waals surface area contributed by atoms with E-state index in [1.807, 2.05) is 17.0 Å². The molecule has 2 heterocycles. The van der Waals surface area contributed by atoms with Crippen molar-refractivity contribution in [3.63, 3.8) is 0 Å². The SMILES string of the molecule is S=c1[nH]ccn1CCc1ccc(Br)s1. The molecule has 0 spiro atoms. The van der Waals surface area contributed by atoms with Crippen LogP contribution in [0.1, 0.15) is 4.88 Å². The van der Waals surface area contributed by atoms with E-state index in [1.165, 1.54) is 8.66 Å². The topological polar surface area (TPSA) is 20.7 Å². The molecular weight excluding hydrogens is 280 g/mol. The van der Waals surface area contributed by atoms with E-state index in [0.29, 0.717) is 0 Å². The van der Waals surface area contributed by atoms with E-state index < -0.39 is 0 Å². The Morgan fingerprint density at radius 3 is 2.93 bits per heavy atom. The van der Waals surface area contributed by atoms with Crippen LogP contribution in [0.5, 0.6) is 0 Å². The first-order chi connectivity index (χ1) is 6.75. The zero-order chi connectivity index (χ0) is 9.97. The number of hydrogen-bond acceptors (Lipinski definition) is 2. The average molecular weight is 289 g/mol. The number of nitrogens with zero attached hydrogens (tertiary/aromatic N) is 1. The molecule has 14 heavy (non-hydrogen) atoms. The lowest BCUT2D eigenvalue weighted by atomic mass is 10.3. The molecule has 0 unspecified atom stereocenters. The summed E-state index contributed by atoms with van der Waals surface area (Å²) in [5, 5.41) is 0. The molecule has 0 aliphatic rings. The Bertz CT molecular complexity index is 469. The Balaban J connectivity index is 2.01. The molecule has 0 radical (unpaired) electrons. The van der Waals surface area contributed by atoms with E-state index in [2.05, 4.69) is 33.0 Å². The number of halogens is 1. The second-order valence-electron chi connectivity index (χ2n) is 2.91. The van der Waals surface area contributed by atoms with E-state index >= 15 is 0 Å². The van der Waals surface area contributed by atoms with E-state index in [9.17, 15) is 0 Å². The molecule has 5 heteroatoms. The quantitative estimate of drug-likeness (QED) is 0.856. The van der Waals surface area contributed by atoms with Crippen LogP contribution in [0.2, 0.25) is 0 Å². The molecule has 1 N–H and O–H groups in total. The third-order valence-electron chi connectivity index (χ3n) is 1.95. The lowest BCUT2D eigenvalue weighted by Crippen LogP contribution is -1.98. The minimum Gasteiger partial charge on any atom is -0.337 e. The monoisotopic (exact) mass is 288 g/mol. The highest BCUT2D eigenvalue weighted by molar-refractivity contribution is 9.11. The maximum Gasteiger partial charge on any atom is 0.177 e. The largest absolute Gasteiger partial charge is 0.337 e. The molecule has 2 nitrogen and oxygen atoms in total. The van der Waals surface area contributed by atoms with Crippen molar-refractivity contribution in [2.45, 2.75) is 13.0 Å². The lowest BCUT2D eigenvalue weighted by Gasteiger charge is -1.99. The van der Waals surface area contributed by atoms with Crippen LogP contribution in [0.3, 0.4) is 0 Å². The normalized spacial score (nSPS) is 10.6. The van der Waals surface area contributed by atoms with E-state index in [0.717, 1.165) is 17.7 Å². The van der Waals surface area contributed by atoms with Crippen LogP contribution in [0.4, 0.5) is 0 Å². The number of hydrogen-bond donors (Lipinski definition) is 1. The summed E-state index contributed by atoms with van der Waals surface area (Å²) in [6.45, 7) is 0.940. The van der Waals surface area contributed by atoms with Gasteiger partial charge in [0.05, 0.1) is 3.79 Å². The number of aryl methyl sites for hydroxylation is 2. The third-order valence-corrected chi connectivity index (χ3v) is 3.99. The number of aromatic amines is 1. The van der Waals surface area contributed by atoms with Gasteiger partial charge in [-0.15, -0.1) is 11.3 Å². The maximum atomic E-state index is 5.11. The van der Waals surface area contributed by atoms with Gasteiger partial charge in [0.25, 0.3) is 0 Å². The molecule has 0 saturated heterocycles. The van der Waals surface area contributed by atoms with Gasteiger partial charge in [-0.3, -0.25) is 0 Å². The highest BCUT2D eigenvalue weighted by atomic mass is 79.9. The summed E-state index contributed by atoms with van der Waals surface area (Å²) in [6.07, 6.45) is 4.88. The highest BCUT2D eigenvalue weighted by Crippen LogP contribution is 2.22. The van der Waals surface area contributed by atoms with Gasteiger partial charge in [-0.1, -0.05) is 0 Å². The van der Waals surface area contributed by atoms with Crippen molar-refractivity contribution >= 4 is 39.5 Å². The van der Waals surface area contributed by atoms with Gasteiger partial charge in [-0.2, -0.15) is 0 Å². The van der Waals surface area contributed by atoms with Gasteiger partial charge in [0.2, 0.25) is 0 Å². The number of rotatable bonds is 3. The van der Waals surface area contributed by atoms with Crippen molar-refractivity contribution < 1.29 is 0 Å². The zero-order valence-corrected chi connectivity index (χ0v) is 10.6. The summed E-state index contributed by atoms with van der Waals surface area (Å²) in [7, 11) is 0. The lowest BCUT2D eigenvalue weighted by molar-refractivity contribution is 0.692. The van der Waals surface area contributed by atoms with Gasteiger partial charge >= 0.3 is 0 Å². The van der Waals surface area contributed by atoms with Gasteiger partial charge in [-0.05, 0) is 46.7 Å². The van der Waals surface area contributed by atoms with Crippen LogP contribution in [0.15, 0.2) is 28.3 Å². The first-order valence-corrected chi connectivity index (χ1v) is 6.25. The van der Waals surface area contributed by atoms with Crippen LogP contribution in [0, 0.1) is 4.77 Å². The Morgan fingerprint density at radius 1 is 1.50 bits per heavy atom. The molecule has 0 aliphatic heterocycles. The van der Waals surface area contributed by atoms with E-state index in [4.69, 9.17) is 12.2 Å². The molecule has 0 amide bonds. The van der Waals surface area contributed by atoms with Crippen molar-refractivity contribution in [1.82, 2.24) is 9.55 Å². The summed E-state index contributed by atoms with van der Waals surface area (Å²) in [6, 6.07) is 4.22. The molecule has 74 valence electrons. The minimum atomic E-state index is 0.792. The first-order valence-electron chi connectivity index (χ1n) is 4.24. The second kappa shape index (κ2) is 4.42. The second-order valence-corrected chi connectivity index (χ2v) is 5.85. The Hall–Kier alpha value is -0.390. The molecule has 2 aromatic heterocycles. The van der Waals surface area contributed by atoms with Crippen LogP contribution in [-0.4, -0.2) is 9.55 Å². The molecule has 0 atom stereocenters. The number of thiophene rings is 1. The predicted molar refractivity (Wildman–Crippen MR) is 65.3 cm³/mol. The summed E-state index contributed by atoms with van der Waals surface area (Å²) in [4.78, 5) is 4.36. The molecule has 0 fully saturated rings. The molecule has 0 bridgehead atoms. The van der Waals surface area contributed by atoms with Crippen molar-refractivity contribution in [3.05, 3.63) is 38.0 Å². The molecule has 2 aromatic rings. The van der Waals surface area contributed by atoms with Crippen molar-refractivity contribution in [3.8, 4) is 0 Å². The first kappa shape index (κ1) is 10.1. The zero-order valence-electron chi connectivity index (χ0n) is 7.37. The van der Waals surface area contributed by atoms with Crippen molar-refractivity contribution in [2.24, 2.45) is 0 Å². The van der Waals surface area contributed by atoms with Gasteiger partial charge in [0, 0.05) is 23.8 Å². The summed E-state index contributed by atoms with van der Waals surface area (Å²) < 4.78 is 4.02. The van der Waals surface area contributed by atoms with E-state index in [1.54, 1.807) is 11.3 Å². The molecular formula is C9H9BrN2S2. The van der Waals surface area contributed by atoms with Gasteiger partial charge in [-0.25, -0.2) is 0 Å². The van der Waals surface area contributed by atoms with Crippen LogP contribution in [-0.2, 0) is 13.0 Å².